The zero-order valence-corrected chi connectivity index (χ0v) is 9.56. The zero-order chi connectivity index (χ0) is 11.4. The van der Waals surface area contributed by atoms with Gasteiger partial charge in [0.2, 0.25) is 0 Å². The molecule has 0 bridgehead atoms. The van der Waals surface area contributed by atoms with E-state index < -0.39 is 0 Å². The lowest BCUT2D eigenvalue weighted by molar-refractivity contribution is 0.00685. The van der Waals surface area contributed by atoms with Crippen molar-refractivity contribution in [2.24, 2.45) is 0 Å². The Kier molecular flexibility index (Phi) is 3.67. The third-order valence-electron chi connectivity index (χ3n) is 3.01. The van der Waals surface area contributed by atoms with Gasteiger partial charge in [0.05, 0.1) is 13.2 Å². The molecular weight excluding hydrogens is 204 g/mol. The minimum absolute atomic E-state index is 0.0536. The quantitative estimate of drug-likeness (QED) is 0.853. The van der Waals surface area contributed by atoms with Gasteiger partial charge in [0.1, 0.15) is 17.6 Å². The number of ether oxygens (including phenoxy) is 2. The number of methoxy groups -OCH3 is 1. The molecule has 88 valence electrons. The van der Waals surface area contributed by atoms with Crippen LogP contribution in [0.4, 0.5) is 0 Å². The van der Waals surface area contributed by atoms with Crippen LogP contribution in [0.3, 0.4) is 0 Å². The maximum atomic E-state index is 9.78. The van der Waals surface area contributed by atoms with Crippen LogP contribution in [0, 0.1) is 0 Å². The minimum Gasteiger partial charge on any atom is -0.497 e. The molecule has 0 aliphatic heterocycles. The second-order valence-corrected chi connectivity index (χ2v) is 4.18. The fourth-order valence-electron chi connectivity index (χ4n) is 2.04. The number of aliphatic hydroxyl groups excluding tert-OH is 1. The third kappa shape index (κ3) is 2.67. The molecule has 0 spiro atoms. The molecule has 1 aliphatic carbocycles. The van der Waals surface area contributed by atoms with Gasteiger partial charge in [0.15, 0.2) is 0 Å². The lowest BCUT2D eigenvalue weighted by Crippen LogP contribution is -2.34. The van der Waals surface area contributed by atoms with E-state index in [-0.39, 0.29) is 12.2 Å². The monoisotopic (exact) mass is 222 g/mol. The Bertz CT molecular complexity index is 320. The van der Waals surface area contributed by atoms with E-state index in [0.717, 1.165) is 37.2 Å². The molecule has 2 rings (SSSR count). The zero-order valence-electron chi connectivity index (χ0n) is 9.56. The molecule has 16 heavy (non-hydrogen) atoms. The maximum absolute atomic E-state index is 9.78. The predicted octanol–water partition coefficient (Wildman–Crippen LogP) is 2.38. The number of aliphatic hydroxyl groups is 1. The Morgan fingerprint density at radius 2 is 1.69 bits per heavy atom. The van der Waals surface area contributed by atoms with Crippen molar-refractivity contribution in [1.29, 1.82) is 0 Å². The molecule has 0 amide bonds. The van der Waals surface area contributed by atoms with E-state index >= 15 is 0 Å². The summed E-state index contributed by atoms with van der Waals surface area (Å²) in [6.07, 6.45) is 3.65. The summed E-state index contributed by atoms with van der Waals surface area (Å²) in [5, 5.41) is 9.78. The Labute approximate surface area is 96.0 Å². The van der Waals surface area contributed by atoms with Crippen LogP contribution in [0.1, 0.15) is 25.7 Å². The van der Waals surface area contributed by atoms with Crippen molar-refractivity contribution in [3.05, 3.63) is 24.3 Å². The molecule has 1 fully saturated rings. The first-order valence-electron chi connectivity index (χ1n) is 5.78. The molecule has 0 saturated heterocycles. The smallest absolute Gasteiger partial charge is 0.124 e. The van der Waals surface area contributed by atoms with Crippen molar-refractivity contribution in [1.82, 2.24) is 0 Å². The van der Waals surface area contributed by atoms with Crippen LogP contribution in [0.2, 0.25) is 0 Å². The first kappa shape index (κ1) is 11.3. The van der Waals surface area contributed by atoms with Crippen molar-refractivity contribution in [3.63, 3.8) is 0 Å². The van der Waals surface area contributed by atoms with E-state index in [1.165, 1.54) is 0 Å². The fourth-order valence-corrected chi connectivity index (χ4v) is 2.04. The van der Waals surface area contributed by atoms with Gasteiger partial charge in [-0.25, -0.2) is 0 Å². The summed E-state index contributed by atoms with van der Waals surface area (Å²) < 4.78 is 10.8. The van der Waals surface area contributed by atoms with Crippen LogP contribution in [-0.4, -0.2) is 24.4 Å². The molecule has 0 heterocycles. The summed E-state index contributed by atoms with van der Waals surface area (Å²) in [7, 11) is 1.64. The largest absolute Gasteiger partial charge is 0.497 e. The van der Waals surface area contributed by atoms with Crippen LogP contribution >= 0.6 is 0 Å². The summed E-state index contributed by atoms with van der Waals surface area (Å²) in [5.41, 5.74) is 0. The van der Waals surface area contributed by atoms with E-state index in [0.29, 0.717) is 0 Å². The molecule has 0 aromatic heterocycles. The van der Waals surface area contributed by atoms with Crippen LogP contribution in [0.5, 0.6) is 11.5 Å². The number of hydrogen-bond donors (Lipinski definition) is 1. The highest BCUT2D eigenvalue weighted by atomic mass is 16.5. The molecule has 1 N–H and O–H groups in total. The summed E-state index contributed by atoms with van der Waals surface area (Å²) in [6, 6.07) is 7.48. The summed E-state index contributed by atoms with van der Waals surface area (Å²) >= 11 is 0. The van der Waals surface area contributed by atoms with Crippen molar-refractivity contribution in [2.75, 3.05) is 7.11 Å². The fraction of sp³-hybridized carbons (Fsp3) is 0.538. The molecule has 1 aliphatic rings. The predicted molar refractivity (Wildman–Crippen MR) is 61.9 cm³/mol. The van der Waals surface area contributed by atoms with Gasteiger partial charge in [-0.05, 0) is 43.5 Å². The molecule has 1 aromatic rings. The van der Waals surface area contributed by atoms with Gasteiger partial charge in [-0.2, -0.15) is 0 Å². The average Bonchev–Trinajstić information content (AvgIpc) is 2.33. The summed E-state index contributed by atoms with van der Waals surface area (Å²) in [4.78, 5) is 0. The highest BCUT2D eigenvalue weighted by molar-refractivity contribution is 5.31. The van der Waals surface area contributed by atoms with Crippen LogP contribution < -0.4 is 9.47 Å². The third-order valence-corrected chi connectivity index (χ3v) is 3.01. The number of hydrogen-bond acceptors (Lipinski definition) is 3. The normalized spacial score (nSPS) is 25.1. The Balaban J connectivity index is 1.96. The lowest BCUT2D eigenvalue weighted by atomic mass is 9.95. The Morgan fingerprint density at radius 1 is 1.06 bits per heavy atom. The van der Waals surface area contributed by atoms with Crippen LogP contribution in [-0.2, 0) is 0 Å². The van der Waals surface area contributed by atoms with Crippen molar-refractivity contribution < 1.29 is 14.6 Å². The molecule has 1 saturated carbocycles. The average molecular weight is 222 g/mol. The molecular formula is C13H18O3. The first-order valence-corrected chi connectivity index (χ1v) is 5.78. The Morgan fingerprint density at radius 3 is 2.31 bits per heavy atom. The standard InChI is InChI=1S/C13H18O3/c1-15-10-6-8-11(9-7-10)16-13-5-3-2-4-12(13)14/h6-9,12-14H,2-5H2,1H3/t12-,13+/m0/s1. The van der Waals surface area contributed by atoms with Gasteiger partial charge in [0.25, 0.3) is 0 Å². The molecule has 0 unspecified atom stereocenters. The van der Waals surface area contributed by atoms with Gasteiger partial charge in [-0.3, -0.25) is 0 Å². The van der Waals surface area contributed by atoms with E-state index in [1.54, 1.807) is 7.11 Å². The summed E-state index contributed by atoms with van der Waals surface area (Å²) in [6.45, 7) is 0. The molecule has 3 heteroatoms. The van der Waals surface area contributed by atoms with E-state index in [4.69, 9.17) is 9.47 Å². The van der Waals surface area contributed by atoms with E-state index in [2.05, 4.69) is 0 Å². The van der Waals surface area contributed by atoms with Gasteiger partial charge in [-0.1, -0.05) is 6.42 Å². The van der Waals surface area contributed by atoms with Crippen molar-refractivity contribution in [3.8, 4) is 11.5 Å². The van der Waals surface area contributed by atoms with Crippen LogP contribution in [0.25, 0.3) is 0 Å². The number of rotatable bonds is 3. The second-order valence-electron chi connectivity index (χ2n) is 4.18. The van der Waals surface area contributed by atoms with Gasteiger partial charge >= 0.3 is 0 Å². The lowest BCUT2D eigenvalue weighted by Gasteiger charge is -2.28. The van der Waals surface area contributed by atoms with Crippen molar-refractivity contribution >= 4 is 0 Å². The Hall–Kier alpha value is -1.22. The van der Waals surface area contributed by atoms with Gasteiger partial charge < -0.3 is 14.6 Å². The second kappa shape index (κ2) is 5.21. The van der Waals surface area contributed by atoms with Gasteiger partial charge in [-0.15, -0.1) is 0 Å². The molecule has 1 aromatic carbocycles. The first-order chi connectivity index (χ1) is 7.79. The SMILES string of the molecule is COc1ccc(O[C@@H]2CCCC[C@@H]2O)cc1. The minimum atomic E-state index is -0.323. The highest BCUT2D eigenvalue weighted by Gasteiger charge is 2.24. The van der Waals surface area contributed by atoms with Crippen molar-refractivity contribution in [2.45, 2.75) is 37.9 Å². The maximum Gasteiger partial charge on any atom is 0.124 e. The van der Waals surface area contributed by atoms with E-state index in [9.17, 15) is 5.11 Å². The highest BCUT2D eigenvalue weighted by Crippen LogP contribution is 2.25. The van der Waals surface area contributed by atoms with E-state index in [1.807, 2.05) is 24.3 Å². The molecule has 0 radical (unpaired) electrons. The topological polar surface area (TPSA) is 38.7 Å². The summed E-state index contributed by atoms with van der Waals surface area (Å²) in [5.74, 6) is 1.61. The number of benzene rings is 1. The molecule has 2 atom stereocenters. The van der Waals surface area contributed by atoms with Crippen LogP contribution in [0.15, 0.2) is 24.3 Å². The molecule has 3 nitrogen and oxygen atoms in total. The van der Waals surface area contributed by atoms with Gasteiger partial charge in [0, 0.05) is 0 Å².